The fourth-order valence-corrected chi connectivity index (χ4v) is 1.72. The van der Waals surface area contributed by atoms with Crippen LogP contribution >= 0.6 is 11.6 Å². The van der Waals surface area contributed by atoms with Crippen molar-refractivity contribution in [1.29, 1.82) is 0 Å². The molecular weight excluding hydrogens is 240 g/mol. The lowest BCUT2D eigenvalue weighted by atomic mass is 10.1. The maximum absolute atomic E-state index is 10.8. The van der Waals surface area contributed by atoms with Crippen LogP contribution in [-0.4, -0.2) is 20.9 Å². The van der Waals surface area contributed by atoms with E-state index in [4.69, 9.17) is 16.7 Å². The highest BCUT2D eigenvalue weighted by molar-refractivity contribution is 6.32. The second kappa shape index (κ2) is 4.59. The van der Waals surface area contributed by atoms with Crippen molar-refractivity contribution in [2.75, 3.05) is 0 Å². The van der Waals surface area contributed by atoms with Gasteiger partial charge in [-0.15, -0.1) is 0 Å². The molecule has 2 rings (SSSR count). The summed E-state index contributed by atoms with van der Waals surface area (Å²) in [5.41, 5.74) is 2.22. The summed E-state index contributed by atoms with van der Waals surface area (Å²) in [7, 11) is 0. The summed E-state index contributed by atoms with van der Waals surface area (Å²) < 4.78 is 1.47. The first-order chi connectivity index (χ1) is 8.08. The Morgan fingerprint density at radius 3 is 2.59 bits per heavy atom. The Morgan fingerprint density at radius 2 is 2.06 bits per heavy atom. The van der Waals surface area contributed by atoms with Crippen LogP contribution in [0, 0.1) is 6.92 Å². The molecule has 1 heterocycles. The Labute approximate surface area is 103 Å². The topological polar surface area (TPSA) is 55.1 Å². The molecule has 0 fully saturated rings. The average molecular weight is 251 g/mol. The molecule has 0 atom stereocenters. The van der Waals surface area contributed by atoms with Gasteiger partial charge >= 0.3 is 5.97 Å². The number of hydrogen-bond acceptors (Lipinski definition) is 2. The van der Waals surface area contributed by atoms with E-state index in [1.165, 1.54) is 16.4 Å². The van der Waals surface area contributed by atoms with E-state index in [0.717, 1.165) is 5.56 Å². The number of rotatable bonds is 3. The molecule has 2 aromatic rings. The molecule has 0 unspecified atom stereocenters. The molecule has 0 radical (unpaired) electrons. The lowest BCUT2D eigenvalue weighted by Gasteiger charge is -2.04. The second-order valence-electron chi connectivity index (χ2n) is 3.80. The van der Waals surface area contributed by atoms with Crippen molar-refractivity contribution in [3.63, 3.8) is 0 Å². The first-order valence-corrected chi connectivity index (χ1v) is 5.46. The van der Waals surface area contributed by atoms with Crippen LogP contribution < -0.4 is 0 Å². The van der Waals surface area contributed by atoms with E-state index < -0.39 is 5.97 Å². The summed E-state index contributed by atoms with van der Waals surface area (Å²) in [5.74, 6) is -1.06. The third-order valence-electron chi connectivity index (χ3n) is 2.46. The Morgan fingerprint density at radius 1 is 1.41 bits per heavy atom. The number of nitrogens with zero attached hydrogens (tertiary/aromatic N) is 2. The number of aromatic carboxylic acids is 1. The molecule has 1 N–H and O–H groups in total. The van der Waals surface area contributed by atoms with E-state index in [1.54, 1.807) is 0 Å². The fourth-order valence-electron chi connectivity index (χ4n) is 1.49. The van der Waals surface area contributed by atoms with E-state index in [1.807, 2.05) is 31.2 Å². The Bertz CT molecular complexity index is 546. The van der Waals surface area contributed by atoms with Crippen LogP contribution in [0.2, 0.25) is 5.15 Å². The minimum Gasteiger partial charge on any atom is -0.478 e. The van der Waals surface area contributed by atoms with E-state index >= 15 is 0 Å². The summed E-state index contributed by atoms with van der Waals surface area (Å²) in [6.45, 7) is 2.47. The van der Waals surface area contributed by atoms with Crippen LogP contribution in [0.15, 0.2) is 30.5 Å². The molecule has 4 nitrogen and oxygen atoms in total. The van der Waals surface area contributed by atoms with Gasteiger partial charge in [0.25, 0.3) is 0 Å². The van der Waals surface area contributed by atoms with Crippen LogP contribution in [0.5, 0.6) is 0 Å². The Kier molecular flexibility index (Phi) is 3.15. The molecule has 0 bridgehead atoms. The van der Waals surface area contributed by atoms with Gasteiger partial charge in [-0.25, -0.2) is 9.48 Å². The van der Waals surface area contributed by atoms with Gasteiger partial charge in [-0.05, 0) is 12.5 Å². The third kappa shape index (κ3) is 2.47. The lowest BCUT2D eigenvalue weighted by Crippen LogP contribution is -2.03. The van der Waals surface area contributed by atoms with Crippen molar-refractivity contribution < 1.29 is 9.90 Å². The van der Waals surface area contributed by atoms with Crippen LogP contribution in [0.1, 0.15) is 21.5 Å². The van der Waals surface area contributed by atoms with Crippen LogP contribution in [0.25, 0.3) is 0 Å². The highest BCUT2D eigenvalue weighted by Crippen LogP contribution is 2.17. The van der Waals surface area contributed by atoms with Gasteiger partial charge in [-0.1, -0.05) is 41.4 Å². The SMILES string of the molecule is Cc1ccc(Cn2ncc(C(=O)O)c2Cl)cc1. The summed E-state index contributed by atoms with van der Waals surface area (Å²) in [4.78, 5) is 10.8. The largest absolute Gasteiger partial charge is 0.478 e. The monoisotopic (exact) mass is 250 g/mol. The number of carboxylic acid groups (broad SMARTS) is 1. The molecule has 1 aromatic carbocycles. The van der Waals surface area contributed by atoms with Crippen molar-refractivity contribution in [2.24, 2.45) is 0 Å². The minimum atomic E-state index is -1.06. The summed E-state index contributed by atoms with van der Waals surface area (Å²) in [6, 6.07) is 7.91. The summed E-state index contributed by atoms with van der Waals surface area (Å²) >= 11 is 5.92. The number of halogens is 1. The molecule has 5 heteroatoms. The quantitative estimate of drug-likeness (QED) is 0.911. The number of aromatic nitrogens is 2. The van der Waals surface area contributed by atoms with Gasteiger partial charge < -0.3 is 5.11 Å². The minimum absolute atomic E-state index is 0.0266. The number of aryl methyl sites for hydroxylation is 1. The van der Waals surface area contributed by atoms with Crippen molar-refractivity contribution >= 4 is 17.6 Å². The average Bonchev–Trinajstić information content (AvgIpc) is 2.64. The maximum Gasteiger partial charge on any atom is 0.340 e. The van der Waals surface area contributed by atoms with Crippen molar-refractivity contribution in [3.8, 4) is 0 Å². The van der Waals surface area contributed by atoms with Gasteiger partial charge in [0.2, 0.25) is 0 Å². The van der Waals surface area contributed by atoms with Gasteiger partial charge in [0.05, 0.1) is 12.7 Å². The normalized spacial score (nSPS) is 10.5. The number of benzene rings is 1. The molecule has 0 spiro atoms. The zero-order valence-corrected chi connectivity index (χ0v) is 9.98. The van der Waals surface area contributed by atoms with Gasteiger partial charge in [0.1, 0.15) is 10.7 Å². The summed E-state index contributed by atoms with van der Waals surface area (Å²) in [6.07, 6.45) is 1.26. The van der Waals surface area contributed by atoms with Crippen molar-refractivity contribution in [1.82, 2.24) is 9.78 Å². The van der Waals surface area contributed by atoms with E-state index in [0.29, 0.717) is 6.54 Å². The molecule has 1 aromatic heterocycles. The van der Waals surface area contributed by atoms with Crippen molar-refractivity contribution in [2.45, 2.75) is 13.5 Å². The molecule has 88 valence electrons. The molecular formula is C12H11ClN2O2. The maximum atomic E-state index is 10.8. The van der Waals surface area contributed by atoms with Gasteiger partial charge in [-0.3, -0.25) is 0 Å². The standard InChI is InChI=1S/C12H11ClN2O2/c1-8-2-4-9(5-3-8)7-15-11(13)10(6-14-15)12(16)17/h2-6H,7H2,1H3,(H,16,17). The molecule has 0 saturated heterocycles. The third-order valence-corrected chi connectivity index (χ3v) is 2.86. The molecule has 0 aliphatic rings. The van der Waals surface area contributed by atoms with Crippen LogP contribution in [-0.2, 0) is 6.54 Å². The van der Waals surface area contributed by atoms with Crippen LogP contribution in [0.4, 0.5) is 0 Å². The first kappa shape index (κ1) is 11.7. The molecule has 0 aliphatic carbocycles. The Hall–Kier alpha value is -1.81. The summed E-state index contributed by atoms with van der Waals surface area (Å²) in [5, 5.41) is 13.0. The highest BCUT2D eigenvalue weighted by Gasteiger charge is 2.14. The zero-order valence-electron chi connectivity index (χ0n) is 9.22. The lowest BCUT2D eigenvalue weighted by molar-refractivity contribution is 0.0697. The molecule has 0 saturated carbocycles. The zero-order chi connectivity index (χ0) is 12.4. The predicted molar refractivity (Wildman–Crippen MR) is 64.5 cm³/mol. The number of hydrogen-bond donors (Lipinski definition) is 1. The second-order valence-corrected chi connectivity index (χ2v) is 4.16. The van der Waals surface area contributed by atoms with Gasteiger partial charge in [0, 0.05) is 0 Å². The van der Waals surface area contributed by atoms with Gasteiger partial charge in [-0.2, -0.15) is 5.10 Å². The fraction of sp³-hybridized carbons (Fsp3) is 0.167. The van der Waals surface area contributed by atoms with Crippen LogP contribution in [0.3, 0.4) is 0 Å². The molecule has 17 heavy (non-hydrogen) atoms. The number of carbonyl (C=O) groups is 1. The Balaban J connectivity index is 2.24. The first-order valence-electron chi connectivity index (χ1n) is 5.08. The smallest absolute Gasteiger partial charge is 0.340 e. The highest BCUT2D eigenvalue weighted by atomic mass is 35.5. The van der Waals surface area contributed by atoms with E-state index in [9.17, 15) is 4.79 Å². The predicted octanol–water partition coefficient (Wildman–Crippen LogP) is 2.59. The van der Waals surface area contributed by atoms with E-state index in [2.05, 4.69) is 5.10 Å². The van der Waals surface area contributed by atoms with E-state index in [-0.39, 0.29) is 10.7 Å². The van der Waals surface area contributed by atoms with Crippen molar-refractivity contribution in [3.05, 3.63) is 52.3 Å². The van der Waals surface area contributed by atoms with Gasteiger partial charge in [0.15, 0.2) is 0 Å². The number of carboxylic acids is 1. The molecule has 0 amide bonds. The molecule has 0 aliphatic heterocycles.